The van der Waals surface area contributed by atoms with Crippen LogP contribution in [-0.4, -0.2) is 48.3 Å². The molecule has 2 heterocycles. The van der Waals surface area contributed by atoms with E-state index in [9.17, 15) is 18.0 Å². The lowest BCUT2D eigenvalue weighted by molar-refractivity contribution is -0.137. The minimum Gasteiger partial charge on any atom is -0.454 e. The van der Waals surface area contributed by atoms with Gasteiger partial charge in [0.2, 0.25) is 6.79 Å². The predicted octanol–water partition coefficient (Wildman–Crippen LogP) is 5.73. The third kappa shape index (κ3) is 5.94. The molecule has 0 saturated carbocycles. The first-order valence-corrected chi connectivity index (χ1v) is 11.7. The summed E-state index contributed by atoms with van der Waals surface area (Å²) in [5.41, 5.74) is 0.199. The van der Waals surface area contributed by atoms with Gasteiger partial charge in [0, 0.05) is 31.4 Å². The van der Waals surface area contributed by atoms with Crippen molar-refractivity contribution in [3.05, 3.63) is 53.6 Å². The SMILES string of the molecule is CCCCN1CCC(N(Cc2ccc3c(c2)OCO3)C(=O)Nc2cccc(C(F)(F)F)c2)CC1. The number of rotatable bonds is 7. The van der Waals surface area contributed by atoms with Crippen molar-refractivity contribution < 1.29 is 27.4 Å². The number of likely N-dealkylation sites (tertiary alicyclic amines) is 1. The molecular formula is C25H30F3N3O3. The molecule has 0 aromatic heterocycles. The van der Waals surface area contributed by atoms with Gasteiger partial charge in [-0.1, -0.05) is 25.5 Å². The largest absolute Gasteiger partial charge is 0.454 e. The number of halogens is 3. The number of amides is 2. The van der Waals surface area contributed by atoms with Crippen LogP contribution in [0.15, 0.2) is 42.5 Å². The van der Waals surface area contributed by atoms with E-state index in [0.717, 1.165) is 63.0 Å². The minimum atomic E-state index is -4.47. The number of urea groups is 1. The zero-order chi connectivity index (χ0) is 24.1. The number of nitrogens with one attached hydrogen (secondary N) is 1. The van der Waals surface area contributed by atoms with Gasteiger partial charge in [0.1, 0.15) is 0 Å². The van der Waals surface area contributed by atoms with Crippen molar-refractivity contribution in [3.63, 3.8) is 0 Å². The monoisotopic (exact) mass is 477 g/mol. The van der Waals surface area contributed by atoms with Gasteiger partial charge in [-0.05, 0) is 61.7 Å². The molecule has 2 aromatic rings. The Labute approximate surface area is 197 Å². The van der Waals surface area contributed by atoms with Crippen molar-refractivity contribution >= 4 is 11.7 Å². The summed E-state index contributed by atoms with van der Waals surface area (Å²) in [6.07, 6.45) is -0.579. The van der Waals surface area contributed by atoms with Crippen molar-refractivity contribution in [3.8, 4) is 11.5 Å². The predicted molar refractivity (Wildman–Crippen MR) is 123 cm³/mol. The summed E-state index contributed by atoms with van der Waals surface area (Å²) in [7, 11) is 0. The van der Waals surface area contributed by atoms with Gasteiger partial charge in [0.15, 0.2) is 11.5 Å². The van der Waals surface area contributed by atoms with E-state index in [1.54, 1.807) is 4.90 Å². The second-order valence-electron chi connectivity index (χ2n) is 8.75. The van der Waals surface area contributed by atoms with Crippen LogP contribution in [0.4, 0.5) is 23.7 Å². The Morgan fingerprint density at radius 3 is 2.62 bits per heavy atom. The Morgan fingerprint density at radius 1 is 1.12 bits per heavy atom. The first-order chi connectivity index (χ1) is 16.3. The Balaban J connectivity index is 1.50. The molecule has 1 N–H and O–H groups in total. The molecule has 0 radical (unpaired) electrons. The number of alkyl halides is 3. The van der Waals surface area contributed by atoms with E-state index < -0.39 is 17.8 Å². The van der Waals surface area contributed by atoms with Crippen molar-refractivity contribution in [2.24, 2.45) is 0 Å². The number of unbranched alkanes of at least 4 members (excludes halogenated alkanes) is 1. The van der Waals surface area contributed by atoms with E-state index >= 15 is 0 Å². The molecular weight excluding hydrogens is 447 g/mol. The maximum absolute atomic E-state index is 13.3. The highest BCUT2D eigenvalue weighted by atomic mass is 19.4. The Morgan fingerprint density at radius 2 is 1.88 bits per heavy atom. The number of piperidine rings is 1. The molecule has 4 rings (SSSR count). The Hall–Kier alpha value is -2.94. The van der Waals surface area contributed by atoms with E-state index in [1.807, 2.05) is 18.2 Å². The van der Waals surface area contributed by atoms with E-state index in [4.69, 9.17) is 9.47 Å². The van der Waals surface area contributed by atoms with Gasteiger partial charge in [-0.3, -0.25) is 0 Å². The maximum Gasteiger partial charge on any atom is 0.416 e. The first kappa shape index (κ1) is 24.2. The van der Waals surface area contributed by atoms with Gasteiger partial charge in [0.25, 0.3) is 0 Å². The van der Waals surface area contributed by atoms with Crippen LogP contribution in [0, 0.1) is 0 Å². The summed E-state index contributed by atoms with van der Waals surface area (Å²) in [4.78, 5) is 17.5. The van der Waals surface area contributed by atoms with Crippen LogP contribution in [0.25, 0.3) is 0 Å². The van der Waals surface area contributed by atoms with Gasteiger partial charge in [-0.15, -0.1) is 0 Å². The average Bonchev–Trinajstić information content (AvgIpc) is 3.29. The number of benzene rings is 2. The standard InChI is InChI=1S/C25H30F3N3O3/c1-2-3-11-30-12-9-21(10-13-30)31(16-18-7-8-22-23(14-18)34-17-33-22)24(32)29-20-6-4-5-19(15-20)25(26,27)28/h4-8,14-15,21H,2-3,9-13,16-17H2,1H3,(H,29,32). The average molecular weight is 478 g/mol. The van der Waals surface area contributed by atoms with Gasteiger partial charge in [0.05, 0.1) is 5.56 Å². The third-order valence-corrected chi connectivity index (χ3v) is 6.32. The normalized spacial score (nSPS) is 16.5. The lowest BCUT2D eigenvalue weighted by Crippen LogP contribution is -2.48. The van der Waals surface area contributed by atoms with Crippen LogP contribution in [-0.2, 0) is 12.7 Å². The summed E-state index contributed by atoms with van der Waals surface area (Å²) >= 11 is 0. The van der Waals surface area contributed by atoms with Crippen molar-refractivity contribution in [2.45, 2.75) is 51.4 Å². The van der Waals surface area contributed by atoms with Gasteiger partial charge in [-0.2, -0.15) is 13.2 Å². The molecule has 2 aliphatic rings. The van der Waals surface area contributed by atoms with Crippen molar-refractivity contribution in [2.75, 3.05) is 31.7 Å². The van der Waals surface area contributed by atoms with Gasteiger partial charge in [-0.25, -0.2) is 4.79 Å². The number of hydrogen-bond donors (Lipinski definition) is 1. The smallest absolute Gasteiger partial charge is 0.416 e. The highest BCUT2D eigenvalue weighted by Gasteiger charge is 2.32. The highest BCUT2D eigenvalue weighted by molar-refractivity contribution is 5.89. The molecule has 0 spiro atoms. The van der Waals surface area contributed by atoms with Gasteiger partial charge < -0.3 is 24.6 Å². The Kier molecular flexibility index (Phi) is 7.50. The van der Waals surface area contributed by atoms with Crippen LogP contribution in [0.2, 0.25) is 0 Å². The summed E-state index contributed by atoms with van der Waals surface area (Å²) in [5.74, 6) is 1.29. The van der Waals surface area contributed by atoms with Gasteiger partial charge >= 0.3 is 12.2 Å². The van der Waals surface area contributed by atoms with E-state index in [-0.39, 0.29) is 18.5 Å². The topological polar surface area (TPSA) is 54.0 Å². The van der Waals surface area contributed by atoms with Crippen LogP contribution in [0.3, 0.4) is 0 Å². The summed E-state index contributed by atoms with van der Waals surface area (Å²) in [6.45, 7) is 5.47. The lowest BCUT2D eigenvalue weighted by Gasteiger charge is -2.38. The molecule has 34 heavy (non-hydrogen) atoms. The van der Waals surface area contributed by atoms with E-state index in [2.05, 4.69) is 17.1 Å². The molecule has 6 nitrogen and oxygen atoms in total. The molecule has 0 unspecified atom stereocenters. The minimum absolute atomic E-state index is 0.0194. The number of nitrogens with zero attached hydrogens (tertiary/aromatic N) is 2. The quantitative estimate of drug-likeness (QED) is 0.553. The van der Waals surface area contributed by atoms with Crippen LogP contribution in [0.1, 0.15) is 43.7 Å². The van der Waals surface area contributed by atoms with E-state index in [1.165, 1.54) is 12.1 Å². The van der Waals surface area contributed by atoms with Crippen molar-refractivity contribution in [1.82, 2.24) is 9.80 Å². The summed E-state index contributed by atoms with van der Waals surface area (Å²) in [5, 5.41) is 2.69. The molecule has 1 saturated heterocycles. The second-order valence-corrected chi connectivity index (χ2v) is 8.75. The molecule has 1 fully saturated rings. The zero-order valence-electron chi connectivity index (χ0n) is 19.2. The Bertz CT molecular complexity index is 991. The van der Waals surface area contributed by atoms with Crippen molar-refractivity contribution in [1.29, 1.82) is 0 Å². The number of anilines is 1. The fraction of sp³-hybridized carbons (Fsp3) is 0.480. The van der Waals surface area contributed by atoms with Crippen LogP contribution >= 0.6 is 0 Å². The second kappa shape index (κ2) is 10.5. The zero-order valence-corrected chi connectivity index (χ0v) is 19.2. The number of fused-ring (bicyclic) bond motifs is 1. The van der Waals surface area contributed by atoms with Crippen LogP contribution in [0.5, 0.6) is 11.5 Å². The molecule has 9 heteroatoms. The molecule has 2 amide bonds. The molecule has 0 aliphatic carbocycles. The molecule has 184 valence electrons. The number of hydrogen-bond acceptors (Lipinski definition) is 4. The summed E-state index contributed by atoms with van der Waals surface area (Å²) < 4.78 is 50.2. The lowest BCUT2D eigenvalue weighted by atomic mass is 10.0. The summed E-state index contributed by atoms with van der Waals surface area (Å²) in [6, 6.07) is 9.84. The fourth-order valence-corrected chi connectivity index (χ4v) is 4.41. The van der Waals surface area contributed by atoms with E-state index in [0.29, 0.717) is 18.0 Å². The van der Waals surface area contributed by atoms with Crippen LogP contribution < -0.4 is 14.8 Å². The molecule has 0 bridgehead atoms. The fourth-order valence-electron chi connectivity index (χ4n) is 4.41. The maximum atomic E-state index is 13.3. The number of carbonyl (C=O) groups excluding carboxylic acids is 1. The first-order valence-electron chi connectivity index (χ1n) is 11.7. The number of ether oxygens (including phenoxy) is 2. The molecule has 2 aliphatic heterocycles. The molecule has 0 atom stereocenters. The third-order valence-electron chi connectivity index (χ3n) is 6.32. The molecule has 2 aromatic carbocycles. The highest BCUT2D eigenvalue weighted by Crippen LogP contribution is 2.34. The number of carbonyl (C=O) groups is 1.